The van der Waals surface area contributed by atoms with Crippen molar-refractivity contribution in [1.29, 1.82) is 0 Å². The molecule has 0 aromatic carbocycles. The summed E-state index contributed by atoms with van der Waals surface area (Å²) in [6.45, 7) is 11.3. The van der Waals surface area contributed by atoms with Crippen LogP contribution < -0.4 is 10.6 Å². The van der Waals surface area contributed by atoms with Crippen LogP contribution in [0.4, 0.5) is 5.82 Å². The second-order valence-electron chi connectivity index (χ2n) is 5.79. The highest BCUT2D eigenvalue weighted by molar-refractivity contribution is 5.43. The summed E-state index contributed by atoms with van der Waals surface area (Å²) < 4.78 is 5.39. The molecule has 4 heteroatoms. The Balaban J connectivity index is 2.93. The van der Waals surface area contributed by atoms with Crippen LogP contribution in [-0.2, 0) is 16.7 Å². The van der Waals surface area contributed by atoms with Crippen molar-refractivity contribution < 1.29 is 4.74 Å². The Kier molecular flexibility index (Phi) is 5.76. The molecule has 0 aliphatic carbocycles. The van der Waals surface area contributed by atoms with E-state index in [1.807, 2.05) is 14.0 Å². The molecule has 0 atom stereocenters. The number of rotatable bonds is 6. The SMILES string of the molecule is CCOCCN(C)c1cc(CN)cc(C(C)(C)C)n1. The van der Waals surface area contributed by atoms with E-state index in [0.717, 1.165) is 30.2 Å². The van der Waals surface area contributed by atoms with E-state index in [1.54, 1.807) is 0 Å². The molecule has 0 saturated carbocycles. The zero-order valence-electron chi connectivity index (χ0n) is 12.9. The Hall–Kier alpha value is -1.13. The van der Waals surface area contributed by atoms with Gasteiger partial charge >= 0.3 is 0 Å². The Morgan fingerprint density at radius 3 is 2.53 bits per heavy atom. The van der Waals surface area contributed by atoms with E-state index < -0.39 is 0 Å². The molecule has 19 heavy (non-hydrogen) atoms. The summed E-state index contributed by atoms with van der Waals surface area (Å²) in [7, 11) is 2.04. The number of nitrogens with two attached hydrogens (primary N) is 1. The van der Waals surface area contributed by atoms with E-state index in [-0.39, 0.29) is 5.41 Å². The number of ether oxygens (including phenoxy) is 1. The Labute approximate surface area is 117 Å². The van der Waals surface area contributed by atoms with Gasteiger partial charge in [0.1, 0.15) is 5.82 Å². The molecular weight excluding hydrogens is 238 g/mol. The molecule has 0 bridgehead atoms. The second kappa shape index (κ2) is 6.87. The van der Waals surface area contributed by atoms with Crippen LogP contribution in [0.2, 0.25) is 0 Å². The Morgan fingerprint density at radius 2 is 2.00 bits per heavy atom. The van der Waals surface area contributed by atoms with Gasteiger partial charge in [-0.1, -0.05) is 20.8 Å². The summed E-state index contributed by atoms with van der Waals surface area (Å²) in [5.41, 5.74) is 8.01. The van der Waals surface area contributed by atoms with Crippen LogP contribution in [0.3, 0.4) is 0 Å². The van der Waals surface area contributed by atoms with Gasteiger partial charge in [-0.2, -0.15) is 0 Å². The first-order valence-corrected chi connectivity index (χ1v) is 6.89. The average molecular weight is 265 g/mol. The normalized spacial score (nSPS) is 11.7. The van der Waals surface area contributed by atoms with Gasteiger partial charge in [0.25, 0.3) is 0 Å². The van der Waals surface area contributed by atoms with Crippen LogP contribution in [0.5, 0.6) is 0 Å². The van der Waals surface area contributed by atoms with E-state index >= 15 is 0 Å². The maximum atomic E-state index is 5.78. The third-order valence-electron chi connectivity index (χ3n) is 3.04. The Morgan fingerprint density at radius 1 is 1.32 bits per heavy atom. The summed E-state index contributed by atoms with van der Waals surface area (Å²) in [5, 5.41) is 0. The number of likely N-dealkylation sites (N-methyl/N-ethyl adjacent to an activating group) is 1. The van der Waals surface area contributed by atoms with Crippen molar-refractivity contribution in [2.45, 2.75) is 39.7 Å². The predicted molar refractivity (Wildman–Crippen MR) is 80.6 cm³/mol. The smallest absolute Gasteiger partial charge is 0.128 e. The van der Waals surface area contributed by atoms with Gasteiger partial charge in [-0.15, -0.1) is 0 Å². The van der Waals surface area contributed by atoms with Gasteiger partial charge in [0.15, 0.2) is 0 Å². The third kappa shape index (κ3) is 4.80. The highest BCUT2D eigenvalue weighted by Crippen LogP contribution is 2.24. The molecule has 108 valence electrons. The van der Waals surface area contributed by atoms with Gasteiger partial charge in [-0.05, 0) is 24.6 Å². The van der Waals surface area contributed by atoms with Crippen LogP contribution in [-0.4, -0.2) is 31.8 Å². The summed E-state index contributed by atoms with van der Waals surface area (Å²) >= 11 is 0. The topological polar surface area (TPSA) is 51.4 Å². The minimum absolute atomic E-state index is 0.0285. The molecule has 1 aromatic rings. The molecule has 0 aliphatic rings. The maximum absolute atomic E-state index is 5.78. The summed E-state index contributed by atoms with van der Waals surface area (Å²) in [6, 6.07) is 4.15. The molecule has 0 aliphatic heterocycles. The fourth-order valence-electron chi connectivity index (χ4n) is 1.73. The van der Waals surface area contributed by atoms with E-state index in [2.05, 4.69) is 37.8 Å². The summed E-state index contributed by atoms with van der Waals surface area (Å²) in [4.78, 5) is 6.86. The largest absolute Gasteiger partial charge is 0.380 e. The van der Waals surface area contributed by atoms with E-state index in [4.69, 9.17) is 15.5 Å². The standard InChI is InChI=1S/C15H27N3O/c1-6-19-8-7-18(5)14-10-12(11-16)9-13(17-14)15(2,3)4/h9-10H,6-8,11,16H2,1-5H3. The molecule has 0 unspecified atom stereocenters. The van der Waals surface area contributed by atoms with Gasteiger partial charge in [-0.25, -0.2) is 4.98 Å². The minimum Gasteiger partial charge on any atom is -0.380 e. The molecule has 1 heterocycles. The summed E-state index contributed by atoms with van der Waals surface area (Å²) in [5.74, 6) is 0.965. The zero-order valence-corrected chi connectivity index (χ0v) is 12.9. The molecule has 4 nitrogen and oxygen atoms in total. The number of aromatic nitrogens is 1. The van der Waals surface area contributed by atoms with Gasteiger partial charge in [-0.3, -0.25) is 0 Å². The number of nitrogens with zero attached hydrogens (tertiary/aromatic N) is 2. The quantitative estimate of drug-likeness (QED) is 0.802. The lowest BCUT2D eigenvalue weighted by Crippen LogP contribution is -2.25. The molecule has 1 aromatic heterocycles. The van der Waals surface area contributed by atoms with Crippen LogP contribution in [0.15, 0.2) is 12.1 Å². The molecule has 0 spiro atoms. The lowest BCUT2D eigenvalue weighted by molar-refractivity contribution is 0.154. The average Bonchev–Trinajstić information content (AvgIpc) is 2.37. The minimum atomic E-state index is 0.0285. The first-order valence-electron chi connectivity index (χ1n) is 6.89. The molecule has 2 N–H and O–H groups in total. The Bertz CT molecular complexity index is 399. The third-order valence-corrected chi connectivity index (χ3v) is 3.04. The number of anilines is 1. The van der Waals surface area contributed by atoms with Gasteiger partial charge in [0, 0.05) is 37.9 Å². The highest BCUT2D eigenvalue weighted by atomic mass is 16.5. The molecule has 0 saturated heterocycles. The van der Waals surface area contributed by atoms with Crippen LogP contribution >= 0.6 is 0 Å². The fourth-order valence-corrected chi connectivity index (χ4v) is 1.73. The monoisotopic (exact) mass is 265 g/mol. The van der Waals surface area contributed by atoms with Crippen LogP contribution in [0.25, 0.3) is 0 Å². The zero-order chi connectivity index (χ0) is 14.5. The number of pyridine rings is 1. The molecule has 0 fully saturated rings. The van der Waals surface area contributed by atoms with E-state index in [9.17, 15) is 0 Å². The molecular formula is C15H27N3O. The molecule has 0 amide bonds. The first kappa shape index (κ1) is 15.9. The predicted octanol–water partition coefficient (Wildman–Crippen LogP) is 2.31. The second-order valence-corrected chi connectivity index (χ2v) is 5.79. The molecule has 0 radical (unpaired) electrons. The van der Waals surface area contributed by atoms with Crippen molar-refractivity contribution in [3.8, 4) is 0 Å². The van der Waals surface area contributed by atoms with Crippen molar-refractivity contribution >= 4 is 5.82 Å². The van der Waals surface area contributed by atoms with Crippen molar-refractivity contribution in [2.24, 2.45) is 5.73 Å². The fraction of sp³-hybridized carbons (Fsp3) is 0.667. The van der Waals surface area contributed by atoms with Crippen molar-refractivity contribution in [2.75, 3.05) is 31.7 Å². The lowest BCUT2D eigenvalue weighted by Gasteiger charge is -2.24. The van der Waals surface area contributed by atoms with Crippen LogP contribution in [0, 0.1) is 0 Å². The van der Waals surface area contributed by atoms with Crippen molar-refractivity contribution in [3.63, 3.8) is 0 Å². The van der Waals surface area contributed by atoms with Gasteiger partial charge < -0.3 is 15.4 Å². The molecule has 1 rings (SSSR count). The highest BCUT2D eigenvalue weighted by Gasteiger charge is 2.18. The maximum Gasteiger partial charge on any atom is 0.128 e. The van der Waals surface area contributed by atoms with Crippen molar-refractivity contribution in [1.82, 2.24) is 4.98 Å². The van der Waals surface area contributed by atoms with Gasteiger partial charge in [0.2, 0.25) is 0 Å². The number of hydrogen-bond donors (Lipinski definition) is 1. The van der Waals surface area contributed by atoms with E-state index in [1.165, 1.54) is 0 Å². The van der Waals surface area contributed by atoms with Gasteiger partial charge in [0.05, 0.1) is 6.61 Å². The van der Waals surface area contributed by atoms with Crippen LogP contribution in [0.1, 0.15) is 39.0 Å². The van der Waals surface area contributed by atoms with E-state index in [0.29, 0.717) is 13.2 Å². The summed E-state index contributed by atoms with van der Waals surface area (Å²) in [6.07, 6.45) is 0. The first-order chi connectivity index (χ1) is 8.88. The van der Waals surface area contributed by atoms with Crippen molar-refractivity contribution in [3.05, 3.63) is 23.4 Å². The lowest BCUT2D eigenvalue weighted by atomic mass is 9.90. The number of hydrogen-bond acceptors (Lipinski definition) is 4.